The first-order valence-corrected chi connectivity index (χ1v) is 7.72. The lowest BCUT2D eigenvalue weighted by Gasteiger charge is -2.27. The van der Waals surface area contributed by atoms with Crippen LogP contribution in [-0.2, 0) is 14.3 Å². The first-order chi connectivity index (χ1) is 11.5. The molecule has 3 N–H and O–H groups in total. The van der Waals surface area contributed by atoms with E-state index in [1.165, 1.54) is 6.92 Å². The van der Waals surface area contributed by atoms with E-state index in [4.69, 9.17) is 9.84 Å². The zero-order valence-electron chi connectivity index (χ0n) is 13.4. The molecular formula is C16H21N3O5. The van der Waals surface area contributed by atoms with Gasteiger partial charge in [-0.05, 0) is 19.1 Å². The zero-order valence-corrected chi connectivity index (χ0v) is 13.4. The van der Waals surface area contributed by atoms with Crippen LogP contribution in [0.2, 0.25) is 0 Å². The number of benzene rings is 1. The summed E-state index contributed by atoms with van der Waals surface area (Å²) >= 11 is 0. The molecule has 0 saturated carbocycles. The number of carbonyl (C=O) groups excluding carboxylic acids is 3. The van der Waals surface area contributed by atoms with Gasteiger partial charge in [0, 0.05) is 19.6 Å². The highest BCUT2D eigenvalue weighted by molar-refractivity contribution is 6.40. The van der Waals surface area contributed by atoms with Gasteiger partial charge in [0.2, 0.25) is 0 Å². The largest absolute Gasteiger partial charge is 0.392 e. The minimum atomic E-state index is -0.891. The van der Waals surface area contributed by atoms with Crippen LogP contribution in [0.25, 0.3) is 0 Å². The van der Waals surface area contributed by atoms with Crippen LogP contribution in [0.5, 0.6) is 0 Å². The molecule has 3 amide bonds. The lowest BCUT2D eigenvalue weighted by atomic mass is 10.1. The summed E-state index contributed by atoms with van der Waals surface area (Å²) in [6, 6.07) is 6.52. The number of nitrogens with one attached hydrogen (secondary N) is 2. The molecule has 1 aromatic rings. The standard InChI is InChI=1S/C16H21N3O5/c1-11(20)10-17-14(21)15(22)18-13-5-3-2-4-12(13)16(23)19-6-8-24-9-7-19/h2-5,11,20H,6-10H2,1H3,(H,17,21)(H,18,22)/t11-/m1/s1. The van der Waals surface area contributed by atoms with Crippen LogP contribution < -0.4 is 10.6 Å². The van der Waals surface area contributed by atoms with E-state index in [0.717, 1.165) is 0 Å². The average molecular weight is 335 g/mol. The molecule has 1 aliphatic rings. The fraction of sp³-hybridized carbons (Fsp3) is 0.438. The predicted octanol–water partition coefficient (Wildman–Crippen LogP) is -0.405. The second-order valence-electron chi connectivity index (χ2n) is 5.46. The SMILES string of the molecule is C[C@@H](O)CNC(=O)C(=O)Nc1ccccc1C(=O)N1CCOCC1. The number of hydrogen-bond acceptors (Lipinski definition) is 5. The highest BCUT2D eigenvalue weighted by Crippen LogP contribution is 2.18. The van der Waals surface area contributed by atoms with Crippen LogP contribution >= 0.6 is 0 Å². The van der Waals surface area contributed by atoms with E-state index in [0.29, 0.717) is 31.9 Å². The molecule has 1 saturated heterocycles. The summed E-state index contributed by atoms with van der Waals surface area (Å²) in [6.07, 6.45) is -0.753. The van der Waals surface area contributed by atoms with E-state index in [1.54, 1.807) is 29.2 Å². The van der Waals surface area contributed by atoms with Gasteiger partial charge in [-0.2, -0.15) is 0 Å². The van der Waals surface area contributed by atoms with E-state index < -0.39 is 17.9 Å². The van der Waals surface area contributed by atoms with Crippen molar-refractivity contribution in [1.82, 2.24) is 10.2 Å². The number of amides is 3. The van der Waals surface area contributed by atoms with Crippen molar-refractivity contribution in [2.75, 3.05) is 38.2 Å². The fourth-order valence-electron chi connectivity index (χ4n) is 2.22. The molecule has 0 unspecified atom stereocenters. The van der Waals surface area contributed by atoms with Crippen molar-refractivity contribution in [3.8, 4) is 0 Å². The number of aliphatic hydroxyl groups is 1. The summed E-state index contributed by atoms with van der Waals surface area (Å²) in [6.45, 7) is 3.38. The number of ether oxygens (including phenoxy) is 1. The van der Waals surface area contributed by atoms with Gasteiger partial charge >= 0.3 is 11.8 Å². The third-order valence-corrected chi connectivity index (χ3v) is 3.47. The predicted molar refractivity (Wildman–Crippen MR) is 86.5 cm³/mol. The fourth-order valence-corrected chi connectivity index (χ4v) is 2.22. The van der Waals surface area contributed by atoms with Crippen molar-refractivity contribution in [1.29, 1.82) is 0 Å². The number of morpholine rings is 1. The molecule has 2 rings (SSSR count). The Hall–Kier alpha value is -2.45. The van der Waals surface area contributed by atoms with Gasteiger partial charge in [0.1, 0.15) is 0 Å². The molecular weight excluding hydrogens is 314 g/mol. The highest BCUT2D eigenvalue weighted by Gasteiger charge is 2.22. The van der Waals surface area contributed by atoms with Crippen LogP contribution in [0.4, 0.5) is 5.69 Å². The zero-order chi connectivity index (χ0) is 17.5. The van der Waals surface area contributed by atoms with Gasteiger partial charge in [-0.25, -0.2) is 0 Å². The maximum atomic E-state index is 12.6. The number of nitrogens with zero attached hydrogens (tertiary/aromatic N) is 1. The third kappa shape index (κ3) is 4.77. The minimum absolute atomic E-state index is 0.0272. The number of aliphatic hydroxyl groups excluding tert-OH is 1. The molecule has 0 aromatic heterocycles. The lowest BCUT2D eigenvalue weighted by molar-refractivity contribution is -0.136. The number of carbonyl (C=O) groups is 3. The molecule has 0 radical (unpaired) electrons. The molecule has 1 aromatic carbocycles. The minimum Gasteiger partial charge on any atom is -0.392 e. The Morgan fingerprint density at radius 1 is 1.21 bits per heavy atom. The van der Waals surface area contributed by atoms with Gasteiger partial charge in [0.05, 0.1) is 30.6 Å². The Balaban J connectivity index is 2.06. The van der Waals surface area contributed by atoms with Crippen molar-refractivity contribution in [2.24, 2.45) is 0 Å². The highest BCUT2D eigenvalue weighted by atomic mass is 16.5. The Kier molecular flexibility index (Phi) is 6.28. The number of rotatable bonds is 4. The summed E-state index contributed by atoms with van der Waals surface area (Å²) in [4.78, 5) is 37.8. The Labute approximate surface area is 139 Å². The second kappa shape index (κ2) is 8.42. The third-order valence-electron chi connectivity index (χ3n) is 3.47. The van der Waals surface area contributed by atoms with E-state index in [1.807, 2.05) is 0 Å². The maximum absolute atomic E-state index is 12.6. The van der Waals surface area contributed by atoms with Crippen molar-refractivity contribution in [3.05, 3.63) is 29.8 Å². The van der Waals surface area contributed by atoms with E-state index in [9.17, 15) is 14.4 Å². The van der Waals surface area contributed by atoms with Gasteiger partial charge in [-0.15, -0.1) is 0 Å². The molecule has 1 fully saturated rings. The first-order valence-electron chi connectivity index (χ1n) is 7.72. The van der Waals surface area contributed by atoms with E-state index >= 15 is 0 Å². The van der Waals surface area contributed by atoms with Crippen molar-refractivity contribution in [3.63, 3.8) is 0 Å². The number of anilines is 1. The number of hydrogen-bond donors (Lipinski definition) is 3. The molecule has 0 bridgehead atoms. The van der Waals surface area contributed by atoms with Crippen molar-refractivity contribution < 1.29 is 24.2 Å². The molecule has 0 aliphatic carbocycles. The van der Waals surface area contributed by atoms with Gasteiger partial charge in [-0.3, -0.25) is 14.4 Å². The summed E-state index contributed by atoms with van der Waals surface area (Å²) in [5, 5.41) is 13.9. The van der Waals surface area contributed by atoms with Crippen LogP contribution in [0, 0.1) is 0 Å². The molecule has 24 heavy (non-hydrogen) atoms. The Morgan fingerprint density at radius 3 is 2.54 bits per heavy atom. The Bertz CT molecular complexity index is 611. The van der Waals surface area contributed by atoms with E-state index in [2.05, 4.69) is 10.6 Å². The molecule has 8 heteroatoms. The summed E-state index contributed by atoms with van der Waals surface area (Å²) < 4.78 is 5.22. The monoisotopic (exact) mass is 335 g/mol. The van der Waals surface area contributed by atoms with Gasteiger partial charge in [0.25, 0.3) is 5.91 Å². The molecule has 1 heterocycles. The molecule has 1 atom stereocenters. The van der Waals surface area contributed by atoms with Crippen LogP contribution in [-0.4, -0.2) is 66.7 Å². The summed E-state index contributed by atoms with van der Waals surface area (Å²) in [5.41, 5.74) is 0.585. The van der Waals surface area contributed by atoms with Gasteiger partial charge in [0.15, 0.2) is 0 Å². The van der Waals surface area contributed by atoms with Crippen LogP contribution in [0.1, 0.15) is 17.3 Å². The molecule has 130 valence electrons. The van der Waals surface area contributed by atoms with Crippen LogP contribution in [0.15, 0.2) is 24.3 Å². The second-order valence-corrected chi connectivity index (χ2v) is 5.46. The van der Waals surface area contributed by atoms with Crippen molar-refractivity contribution in [2.45, 2.75) is 13.0 Å². The lowest BCUT2D eigenvalue weighted by Crippen LogP contribution is -2.41. The normalized spacial score (nSPS) is 15.5. The molecule has 0 spiro atoms. The molecule has 1 aliphatic heterocycles. The summed E-state index contributed by atoms with van der Waals surface area (Å²) in [7, 11) is 0. The average Bonchev–Trinajstić information content (AvgIpc) is 2.60. The summed E-state index contributed by atoms with van der Waals surface area (Å²) in [5.74, 6) is -1.99. The molecule has 8 nitrogen and oxygen atoms in total. The number of para-hydroxylation sites is 1. The van der Waals surface area contributed by atoms with Gasteiger partial charge in [-0.1, -0.05) is 12.1 Å². The van der Waals surface area contributed by atoms with Crippen molar-refractivity contribution >= 4 is 23.4 Å². The Morgan fingerprint density at radius 2 is 1.88 bits per heavy atom. The first kappa shape index (κ1) is 17.9. The smallest absolute Gasteiger partial charge is 0.313 e. The van der Waals surface area contributed by atoms with Crippen LogP contribution in [0.3, 0.4) is 0 Å². The quantitative estimate of drug-likeness (QED) is 0.649. The van der Waals surface area contributed by atoms with E-state index in [-0.39, 0.29) is 18.1 Å². The van der Waals surface area contributed by atoms with Gasteiger partial charge < -0.3 is 25.4 Å². The maximum Gasteiger partial charge on any atom is 0.313 e. The topological polar surface area (TPSA) is 108 Å².